The quantitative estimate of drug-likeness (QED) is 0.625. The van der Waals surface area contributed by atoms with Crippen molar-refractivity contribution in [1.29, 1.82) is 0 Å². The summed E-state index contributed by atoms with van der Waals surface area (Å²) in [4.78, 5) is 19.4. The van der Waals surface area contributed by atoms with Crippen LogP contribution in [-0.4, -0.2) is 77.1 Å². The third-order valence-corrected chi connectivity index (χ3v) is 6.92. The number of hydrogen-bond acceptors (Lipinski definition) is 5. The van der Waals surface area contributed by atoms with Crippen molar-refractivity contribution in [3.8, 4) is 0 Å². The van der Waals surface area contributed by atoms with Crippen molar-refractivity contribution < 1.29 is 14.3 Å². The highest BCUT2D eigenvalue weighted by molar-refractivity contribution is 6.31. The summed E-state index contributed by atoms with van der Waals surface area (Å²) in [7, 11) is 0. The van der Waals surface area contributed by atoms with Gasteiger partial charge >= 0.3 is 0 Å². The van der Waals surface area contributed by atoms with Crippen molar-refractivity contribution in [2.75, 3.05) is 39.3 Å². The Kier molecular flexibility index (Phi) is 6.14. The van der Waals surface area contributed by atoms with Gasteiger partial charge in [-0.1, -0.05) is 35.3 Å². The molecule has 32 heavy (non-hydrogen) atoms. The molecule has 0 bridgehead atoms. The van der Waals surface area contributed by atoms with E-state index >= 15 is 0 Å². The summed E-state index contributed by atoms with van der Waals surface area (Å²) >= 11 is 12.0. The highest BCUT2D eigenvalue weighted by Crippen LogP contribution is 2.26. The van der Waals surface area contributed by atoms with Crippen molar-refractivity contribution in [2.45, 2.75) is 18.7 Å². The number of halogens is 2. The largest absolute Gasteiger partial charge is 0.451 e. The summed E-state index contributed by atoms with van der Waals surface area (Å²) in [6.45, 7) is 5.26. The lowest BCUT2D eigenvalue weighted by atomic mass is 10.1. The van der Waals surface area contributed by atoms with Gasteiger partial charge in [-0.25, -0.2) is 0 Å². The topological polar surface area (TPSA) is 60.2 Å². The number of hydrogen-bond donors (Lipinski definition) is 1. The molecule has 2 aliphatic heterocycles. The van der Waals surface area contributed by atoms with Crippen LogP contribution in [-0.2, 0) is 6.54 Å². The number of nitrogens with zero attached hydrogens (tertiary/aromatic N) is 3. The molecule has 1 aromatic heterocycles. The second kappa shape index (κ2) is 9.04. The van der Waals surface area contributed by atoms with Crippen LogP contribution in [0.15, 0.2) is 52.9 Å². The lowest BCUT2D eigenvalue weighted by molar-refractivity contribution is 0.0423. The molecule has 1 N–H and O–H groups in total. The number of carbonyl (C=O) groups excluding carboxylic acids is 1. The maximum atomic E-state index is 13.0. The molecule has 168 valence electrons. The SMILES string of the molecule is O=C(c1cc2cc(Cl)ccc2o1)N1CC(O)C(N2CCN(Cc3ccc(Cl)cc3)CC2)C1. The van der Waals surface area contributed by atoms with Gasteiger partial charge in [0.1, 0.15) is 5.58 Å². The number of benzene rings is 2. The molecule has 8 heteroatoms. The summed E-state index contributed by atoms with van der Waals surface area (Å²) < 4.78 is 5.73. The van der Waals surface area contributed by atoms with Crippen LogP contribution in [0.25, 0.3) is 11.0 Å². The van der Waals surface area contributed by atoms with Gasteiger partial charge in [-0.05, 0) is 42.0 Å². The number of likely N-dealkylation sites (tertiary alicyclic amines) is 1. The molecule has 2 unspecified atom stereocenters. The van der Waals surface area contributed by atoms with Gasteiger partial charge in [0.25, 0.3) is 5.91 Å². The molecular weight excluding hydrogens is 449 g/mol. The summed E-state index contributed by atoms with van der Waals surface area (Å²) in [6, 6.07) is 14.9. The monoisotopic (exact) mass is 473 g/mol. The molecule has 2 aromatic carbocycles. The van der Waals surface area contributed by atoms with E-state index in [1.54, 1.807) is 29.2 Å². The number of fused-ring (bicyclic) bond motifs is 1. The number of carbonyl (C=O) groups is 1. The standard InChI is InChI=1S/C24H25Cl2N3O3/c25-18-3-1-16(2-4-18)13-27-7-9-28(10-8-27)20-14-29(15-21(20)30)24(31)23-12-17-11-19(26)5-6-22(17)32-23/h1-6,11-12,20-21,30H,7-10,13-15H2. The second-order valence-electron chi connectivity index (χ2n) is 8.58. The second-order valence-corrected chi connectivity index (χ2v) is 9.45. The van der Waals surface area contributed by atoms with Crippen LogP contribution < -0.4 is 0 Å². The summed E-state index contributed by atoms with van der Waals surface area (Å²) in [6.07, 6.45) is -0.569. The number of aliphatic hydroxyl groups excluding tert-OH is 1. The maximum absolute atomic E-state index is 13.0. The number of rotatable bonds is 4. The van der Waals surface area contributed by atoms with Gasteiger partial charge in [0, 0.05) is 61.2 Å². The van der Waals surface area contributed by atoms with Crippen LogP contribution >= 0.6 is 23.2 Å². The fraction of sp³-hybridized carbons (Fsp3) is 0.375. The van der Waals surface area contributed by atoms with E-state index in [1.807, 2.05) is 12.1 Å². The minimum Gasteiger partial charge on any atom is -0.451 e. The first-order valence-electron chi connectivity index (χ1n) is 10.8. The van der Waals surface area contributed by atoms with Gasteiger partial charge in [0.05, 0.1) is 12.1 Å². The maximum Gasteiger partial charge on any atom is 0.289 e. The van der Waals surface area contributed by atoms with E-state index in [4.69, 9.17) is 27.6 Å². The first-order valence-corrected chi connectivity index (χ1v) is 11.6. The first-order chi connectivity index (χ1) is 15.5. The van der Waals surface area contributed by atoms with Gasteiger partial charge in [0.2, 0.25) is 0 Å². The Balaban J connectivity index is 1.19. The van der Waals surface area contributed by atoms with E-state index < -0.39 is 6.10 Å². The van der Waals surface area contributed by atoms with E-state index in [1.165, 1.54) is 5.56 Å². The van der Waals surface area contributed by atoms with Crippen LogP contribution in [0.4, 0.5) is 0 Å². The van der Waals surface area contributed by atoms with Crippen molar-refractivity contribution in [2.24, 2.45) is 0 Å². The molecule has 2 fully saturated rings. The minimum absolute atomic E-state index is 0.0598. The van der Waals surface area contributed by atoms with Crippen molar-refractivity contribution >= 4 is 40.1 Å². The highest BCUT2D eigenvalue weighted by atomic mass is 35.5. The van der Waals surface area contributed by atoms with Crippen LogP contribution in [0.2, 0.25) is 10.0 Å². The molecule has 0 aliphatic carbocycles. The van der Waals surface area contributed by atoms with E-state index in [0.29, 0.717) is 23.7 Å². The van der Waals surface area contributed by atoms with Crippen LogP contribution in [0, 0.1) is 0 Å². The Morgan fingerprint density at radius 1 is 0.969 bits per heavy atom. The Morgan fingerprint density at radius 2 is 1.69 bits per heavy atom. The zero-order valence-corrected chi connectivity index (χ0v) is 19.1. The number of β-amino-alcohol motifs (C(OH)–C–C–N with tert-alkyl or cyclic N) is 1. The fourth-order valence-electron chi connectivity index (χ4n) is 4.67. The average molecular weight is 474 g/mol. The predicted octanol–water partition coefficient (Wildman–Crippen LogP) is 3.74. The average Bonchev–Trinajstić information content (AvgIpc) is 3.38. The van der Waals surface area contributed by atoms with Gasteiger partial charge in [-0.2, -0.15) is 0 Å². The van der Waals surface area contributed by atoms with Gasteiger partial charge in [-0.3, -0.25) is 14.6 Å². The van der Waals surface area contributed by atoms with Crippen LogP contribution in [0.1, 0.15) is 16.1 Å². The zero-order chi connectivity index (χ0) is 22.2. The molecule has 0 radical (unpaired) electrons. The van der Waals surface area contributed by atoms with E-state index in [9.17, 15) is 9.90 Å². The Hall–Kier alpha value is -2.09. The lowest BCUT2D eigenvalue weighted by Crippen LogP contribution is -2.53. The normalized spacial score (nSPS) is 22.7. The third kappa shape index (κ3) is 4.51. The van der Waals surface area contributed by atoms with Crippen molar-refractivity contribution in [1.82, 2.24) is 14.7 Å². The van der Waals surface area contributed by atoms with Gasteiger partial charge < -0.3 is 14.4 Å². The molecule has 6 nitrogen and oxygen atoms in total. The number of piperazine rings is 1. The molecule has 3 heterocycles. The fourth-order valence-corrected chi connectivity index (χ4v) is 4.98. The molecule has 3 aromatic rings. The van der Waals surface area contributed by atoms with E-state index in [-0.39, 0.29) is 17.7 Å². The molecule has 2 aliphatic rings. The van der Waals surface area contributed by atoms with Gasteiger partial charge in [-0.15, -0.1) is 0 Å². The molecular formula is C24H25Cl2N3O3. The minimum atomic E-state index is -0.569. The van der Waals surface area contributed by atoms with Crippen molar-refractivity contribution in [3.05, 3.63) is 69.9 Å². The molecule has 1 amide bonds. The summed E-state index contributed by atoms with van der Waals surface area (Å²) in [5.41, 5.74) is 1.87. The zero-order valence-electron chi connectivity index (χ0n) is 17.6. The smallest absolute Gasteiger partial charge is 0.289 e. The summed E-state index contributed by atoms with van der Waals surface area (Å²) in [5, 5.41) is 12.9. The molecule has 2 atom stereocenters. The highest BCUT2D eigenvalue weighted by Gasteiger charge is 2.39. The predicted molar refractivity (Wildman–Crippen MR) is 125 cm³/mol. The Morgan fingerprint density at radius 3 is 2.44 bits per heavy atom. The summed E-state index contributed by atoms with van der Waals surface area (Å²) in [5.74, 6) is 0.0862. The molecule has 0 saturated carbocycles. The van der Waals surface area contributed by atoms with Crippen LogP contribution in [0.3, 0.4) is 0 Å². The molecule has 0 spiro atoms. The number of amides is 1. The molecule has 2 saturated heterocycles. The van der Waals surface area contributed by atoms with Gasteiger partial charge in [0.15, 0.2) is 5.76 Å². The number of furan rings is 1. The number of aliphatic hydroxyl groups is 1. The molecule has 5 rings (SSSR count). The first kappa shape index (κ1) is 21.7. The Labute approximate surface area is 196 Å². The van der Waals surface area contributed by atoms with E-state index in [0.717, 1.165) is 43.1 Å². The van der Waals surface area contributed by atoms with Crippen molar-refractivity contribution in [3.63, 3.8) is 0 Å². The Bertz CT molecular complexity index is 1110. The third-order valence-electron chi connectivity index (χ3n) is 6.43. The van der Waals surface area contributed by atoms with E-state index in [2.05, 4.69) is 21.9 Å². The van der Waals surface area contributed by atoms with Crippen LogP contribution in [0.5, 0.6) is 0 Å². The lowest BCUT2D eigenvalue weighted by Gasteiger charge is -2.38.